The van der Waals surface area contributed by atoms with Crippen LogP contribution in [0.3, 0.4) is 0 Å². The Morgan fingerprint density at radius 3 is 2.42 bits per heavy atom. The van der Waals surface area contributed by atoms with Crippen LogP contribution in [0.15, 0.2) is 76.8 Å². The van der Waals surface area contributed by atoms with Crippen LogP contribution in [0.4, 0.5) is 10.1 Å². The quantitative estimate of drug-likeness (QED) is 0.288. The number of ketones is 1. The van der Waals surface area contributed by atoms with Crippen LogP contribution in [0.2, 0.25) is 0 Å². The Hall–Kier alpha value is -3.65. The minimum atomic E-state index is -0.997. The van der Waals surface area contributed by atoms with Gasteiger partial charge in [0.15, 0.2) is 0 Å². The molecule has 1 saturated heterocycles. The van der Waals surface area contributed by atoms with E-state index in [1.165, 1.54) is 43.4 Å². The minimum absolute atomic E-state index is 0.116. The van der Waals surface area contributed by atoms with Gasteiger partial charge in [0.05, 0.1) is 30.3 Å². The topological polar surface area (TPSA) is 76.1 Å². The van der Waals surface area contributed by atoms with Gasteiger partial charge >= 0.3 is 0 Å². The van der Waals surface area contributed by atoms with Gasteiger partial charge in [0.2, 0.25) is 0 Å². The van der Waals surface area contributed by atoms with E-state index in [1.807, 2.05) is 0 Å². The lowest BCUT2D eigenvalue weighted by Gasteiger charge is -2.25. The molecule has 1 N–H and O–H groups in total. The molecule has 0 radical (unpaired) electrons. The predicted octanol–water partition coefficient (Wildman–Crippen LogP) is 5.23. The molecule has 1 amide bonds. The van der Waals surface area contributed by atoms with Gasteiger partial charge in [-0.3, -0.25) is 14.5 Å². The minimum Gasteiger partial charge on any atom is -0.507 e. The average Bonchev–Trinajstić information content (AvgIpc) is 3.09. The largest absolute Gasteiger partial charge is 0.507 e. The molecule has 1 unspecified atom stereocenters. The van der Waals surface area contributed by atoms with E-state index in [-0.39, 0.29) is 17.0 Å². The number of Topliss-reactive ketones (excluding diaryl/α,β-unsaturated/α-hetero) is 1. The molecule has 33 heavy (non-hydrogen) atoms. The first kappa shape index (κ1) is 22.5. The highest BCUT2D eigenvalue weighted by molar-refractivity contribution is 9.10. The van der Waals surface area contributed by atoms with Crippen molar-refractivity contribution in [2.24, 2.45) is 0 Å². The van der Waals surface area contributed by atoms with Crippen molar-refractivity contribution in [1.29, 1.82) is 0 Å². The number of rotatable bonds is 5. The number of hydrogen-bond acceptors (Lipinski definition) is 5. The molecule has 1 fully saturated rings. The maximum Gasteiger partial charge on any atom is 0.300 e. The number of aliphatic hydroxyl groups is 1. The zero-order valence-electron chi connectivity index (χ0n) is 17.7. The number of aliphatic hydroxyl groups excluding tert-OH is 1. The molecule has 4 rings (SSSR count). The summed E-state index contributed by atoms with van der Waals surface area (Å²) in [6.07, 6.45) is 0. The summed E-state index contributed by atoms with van der Waals surface area (Å²) in [5.74, 6) is -1.62. The van der Waals surface area contributed by atoms with Crippen molar-refractivity contribution < 1.29 is 28.6 Å². The van der Waals surface area contributed by atoms with Crippen LogP contribution in [-0.4, -0.2) is 31.0 Å². The van der Waals surface area contributed by atoms with Crippen molar-refractivity contribution in [2.75, 3.05) is 19.1 Å². The highest BCUT2D eigenvalue weighted by Gasteiger charge is 2.47. The molecule has 1 heterocycles. The first-order valence-corrected chi connectivity index (χ1v) is 10.7. The third-order valence-electron chi connectivity index (χ3n) is 5.37. The molecule has 8 heteroatoms. The van der Waals surface area contributed by atoms with Crippen molar-refractivity contribution in [2.45, 2.75) is 6.04 Å². The smallest absolute Gasteiger partial charge is 0.300 e. The van der Waals surface area contributed by atoms with Crippen molar-refractivity contribution in [3.05, 3.63) is 93.7 Å². The van der Waals surface area contributed by atoms with Crippen molar-refractivity contribution in [3.8, 4) is 11.5 Å². The van der Waals surface area contributed by atoms with Crippen LogP contribution >= 0.6 is 15.9 Å². The molecule has 1 aliphatic rings. The number of halogens is 2. The van der Waals surface area contributed by atoms with E-state index in [9.17, 15) is 19.1 Å². The summed E-state index contributed by atoms with van der Waals surface area (Å²) in [5, 5.41) is 11.2. The number of anilines is 1. The normalized spacial score (nSPS) is 17.3. The van der Waals surface area contributed by atoms with Crippen LogP contribution in [0, 0.1) is 5.82 Å². The fourth-order valence-corrected chi connectivity index (χ4v) is 4.36. The van der Waals surface area contributed by atoms with Gasteiger partial charge in [-0.1, -0.05) is 18.2 Å². The predicted molar refractivity (Wildman–Crippen MR) is 125 cm³/mol. The van der Waals surface area contributed by atoms with Crippen LogP contribution in [0.25, 0.3) is 5.76 Å². The lowest BCUT2D eigenvalue weighted by molar-refractivity contribution is -0.132. The van der Waals surface area contributed by atoms with Gasteiger partial charge in [-0.2, -0.15) is 0 Å². The van der Waals surface area contributed by atoms with Crippen LogP contribution in [0.5, 0.6) is 11.5 Å². The molecular formula is C25H19BrFNO5. The monoisotopic (exact) mass is 511 g/mol. The maximum atomic E-state index is 14.0. The molecule has 0 saturated carbocycles. The van der Waals surface area contributed by atoms with Gasteiger partial charge in [-0.25, -0.2) is 4.39 Å². The Kier molecular flexibility index (Phi) is 6.20. The zero-order chi connectivity index (χ0) is 23.7. The van der Waals surface area contributed by atoms with E-state index in [0.717, 1.165) is 0 Å². The van der Waals surface area contributed by atoms with E-state index >= 15 is 0 Å². The number of carbonyl (C=O) groups excluding carboxylic acids is 2. The highest BCUT2D eigenvalue weighted by atomic mass is 79.9. The maximum absolute atomic E-state index is 14.0. The molecule has 0 aromatic heterocycles. The van der Waals surface area contributed by atoms with Gasteiger partial charge < -0.3 is 14.6 Å². The van der Waals surface area contributed by atoms with Gasteiger partial charge in [0.1, 0.15) is 23.1 Å². The number of ether oxygens (including phenoxy) is 2. The summed E-state index contributed by atoms with van der Waals surface area (Å²) >= 11 is 3.37. The van der Waals surface area contributed by atoms with E-state index in [1.54, 1.807) is 42.5 Å². The number of hydrogen-bond donors (Lipinski definition) is 1. The first-order chi connectivity index (χ1) is 15.8. The molecule has 0 bridgehead atoms. The Bertz CT molecular complexity index is 1290. The molecule has 168 valence electrons. The fraction of sp³-hybridized carbons (Fsp3) is 0.120. The van der Waals surface area contributed by atoms with Crippen molar-refractivity contribution >= 4 is 39.1 Å². The van der Waals surface area contributed by atoms with Crippen LogP contribution in [-0.2, 0) is 9.59 Å². The molecule has 0 spiro atoms. The van der Waals surface area contributed by atoms with E-state index < -0.39 is 23.5 Å². The summed E-state index contributed by atoms with van der Waals surface area (Å²) in [7, 11) is 3.00. The van der Waals surface area contributed by atoms with Crippen LogP contribution in [0.1, 0.15) is 17.2 Å². The molecule has 3 aromatic rings. The molecule has 3 aromatic carbocycles. The second-order valence-corrected chi connectivity index (χ2v) is 8.13. The first-order valence-electron chi connectivity index (χ1n) is 9.90. The third-order valence-corrected chi connectivity index (χ3v) is 5.99. The van der Waals surface area contributed by atoms with E-state index in [2.05, 4.69) is 15.9 Å². The number of amides is 1. The Morgan fingerprint density at radius 1 is 1.00 bits per heavy atom. The van der Waals surface area contributed by atoms with E-state index in [4.69, 9.17) is 9.47 Å². The lowest BCUT2D eigenvalue weighted by Crippen LogP contribution is -2.29. The molecular weight excluding hydrogens is 493 g/mol. The number of benzene rings is 3. The number of nitrogens with zero attached hydrogens (tertiary/aromatic N) is 1. The lowest BCUT2D eigenvalue weighted by atomic mass is 9.95. The SMILES string of the molecule is COc1cccc(C2/C(=C(\O)c3ccc(OC)c(Br)c3)C(=O)C(=O)N2c2cccc(F)c2)c1. The van der Waals surface area contributed by atoms with Crippen molar-refractivity contribution in [3.63, 3.8) is 0 Å². The van der Waals surface area contributed by atoms with Gasteiger partial charge in [0, 0.05) is 11.3 Å². The summed E-state index contributed by atoms with van der Waals surface area (Å²) in [5.41, 5.74) is 0.911. The Labute approximate surface area is 198 Å². The summed E-state index contributed by atoms with van der Waals surface area (Å²) in [6.45, 7) is 0. The Morgan fingerprint density at radius 2 is 1.76 bits per heavy atom. The number of carbonyl (C=O) groups is 2. The third kappa shape index (κ3) is 4.09. The number of methoxy groups -OCH3 is 2. The summed E-state index contributed by atoms with van der Waals surface area (Å²) in [6, 6.07) is 16.0. The highest BCUT2D eigenvalue weighted by Crippen LogP contribution is 2.43. The fourth-order valence-electron chi connectivity index (χ4n) is 3.82. The zero-order valence-corrected chi connectivity index (χ0v) is 19.3. The summed E-state index contributed by atoms with van der Waals surface area (Å²) < 4.78 is 25.1. The summed E-state index contributed by atoms with van der Waals surface area (Å²) in [4.78, 5) is 27.5. The Balaban J connectivity index is 1.96. The average molecular weight is 512 g/mol. The van der Waals surface area contributed by atoms with Crippen molar-refractivity contribution in [1.82, 2.24) is 0 Å². The molecule has 1 aliphatic heterocycles. The van der Waals surface area contributed by atoms with Gasteiger partial charge in [-0.15, -0.1) is 0 Å². The van der Waals surface area contributed by atoms with Crippen LogP contribution < -0.4 is 14.4 Å². The standard InChI is InChI=1S/C25H19BrFNO5/c1-32-18-8-3-5-14(11-18)22-21(23(29)15-9-10-20(33-2)19(26)12-15)24(30)25(31)28(22)17-7-4-6-16(27)13-17/h3-13,22,29H,1-2H3/b23-21+. The molecule has 0 aliphatic carbocycles. The second kappa shape index (κ2) is 9.07. The van der Waals surface area contributed by atoms with Gasteiger partial charge in [-0.05, 0) is 70.0 Å². The van der Waals surface area contributed by atoms with Gasteiger partial charge in [0.25, 0.3) is 11.7 Å². The van der Waals surface area contributed by atoms with E-state index in [0.29, 0.717) is 27.1 Å². The molecule has 1 atom stereocenters. The molecule has 6 nitrogen and oxygen atoms in total. The second-order valence-electron chi connectivity index (χ2n) is 7.27.